The molecule has 6 heteroatoms. The molecule has 1 atom stereocenters. The van der Waals surface area contributed by atoms with Crippen molar-refractivity contribution in [1.82, 2.24) is 4.90 Å². The van der Waals surface area contributed by atoms with Crippen LogP contribution >= 0.6 is 0 Å². The zero-order valence-corrected chi connectivity index (χ0v) is 11.4. The summed E-state index contributed by atoms with van der Waals surface area (Å²) in [5.74, 6) is -0.923. The molecule has 0 saturated carbocycles. The summed E-state index contributed by atoms with van der Waals surface area (Å²) in [5, 5.41) is 0. The fourth-order valence-corrected chi connectivity index (χ4v) is 2.25. The van der Waals surface area contributed by atoms with Crippen LogP contribution in [0.25, 0.3) is 0 Å². The fourth-order valence-electron chi connectivity index (χ4n) is 2.25. The second-order valence-electron chi connectivity index (χ2n) is 5.05. The van der Waals surface area contributed by atoms with Gasteiger partial charge in [0, 0.05) is 13.0 Å². The Morgan fingerprint density at radius 1 is 1.24 bits per heavy atom. The molecule has 2 aliphatic rings. The highest BCUT2D eigenvalue weighted by Crippen LogP contribution is 2.22. The Morgan fingerprint density at radius 3 is 2.43 bits per heavy atom. The van der Waals surface area contributed by atoms with Crippen molar-refractivity contribution in [3.8, 4) is 0 Å². The Kier molecular flexibility index (Phi) is 3.70. The zero-order chi connectivity index (χ0) is 14.8. The minimum atomic E-state index is -0.331. The lowest BCUT2D eigenvalue weighted by Crippen LogP contribution is -2.31. The van der Waals surface area contributed by atoms with Crippen molar-refractivity contribution in [2.45, 2.75) is 18.9 Å². The van der Waals surface area contributed by atoms with Gasteiger partial charge in [-0.05, 0) is 18.6 Å². The largest absolute Gasteiger partial charge is 0.463 e. The molecule has 6 nitrogen and oxygen atoms in total. The summed E-state index contributed by atoms with van der Waals surface area (Å²) in [6.45, 7) is 1.15. The third-order valence-corrected chi connectivity index (χ3v) is 3.47. The third-order valence-electron chi connectivity index (χ3n) is 3.47. The average molecular weight is 289 g/mol. The number of carbonyl (C=O) groups is 3. The lowest BCUT2D eigenvalue weighted by molar-refractivity contribution is -0.144. The van der Waals surface area contributed by atoms with Crippen LogP contribution in [0, 0.1) is 0 Å². The third kappa shape index (κ3) is 2.95. The molecule has 0 radical (unpaired) electrons. The topological polar surface area (TPSA) is 76.2 Å². The van der Waals surface area contributed by atoms with Crippen LogP contribution in [0.3, 0.4) is 0 Å². The van der Waals surface area contributed by atoms with E-state index in [9.17, 15) is 14.4 Å². The van der Waals surface area contributed by atoms with Crippen molar-refractivity contribution >= 4 is 17.8 Å². The lowest BCUT2D eigenvalue weighted by Gasteiger charge is -2.13. The summed E-state index contributed by atoms with van der Waals surface area (Å²) in [7, 11) is 0. The maximum Gasteiger partial charge on any atom is 0.305 e. The molecular formula is C15H15NO5. The maximum absolute atomic E-state index is 12.1. The quantitative estimate of drug-likeness (QED) is 0.444. The van der Waals surface area contributed by atoms with Crippen LogP contribution < -0.4 is 0 Å². The number of hydrogen-bond donors (Lipinski definition) is 0. The number of rotatable bonds is 6. The normalized spacial score (nSPS) is 19.6. The average Bonchev–Trinajstić information content (AvgIpc) is 3.29. The first-order valence-electron chi connectivity index (χ1n) is 6.89. The molecule has 1 aromatic rings. The van der Waals surface area contributed by atoms with Crippen LogP contribution in [-0.4, -0.2) is 48.5 Å². The number of epoxide rings is 1. The van der Waals surface area contributed by atoms with E-state index in [0.717, 1.165) is 0 Å². The Balaban J connectivity index is 1.49. The monoisotopic (exact) mass is 289 g/mol. The molecule has 21 heavy (non-hydrogen) atoms. The number of benzene rings is 1. The van der Waals surface area contributed by atoms with Gasteiger partial charge < -0.3 is 9.47 Å². The van der Waals surface area contributed by atoms with E-state index < -0.39 is 0 Å². The molecule has 2 aliphatic heterocycles. The van der Waals surface area contributed by atoms with Gasteiger partial charge in [0.1, 0.15) is 12.7 Å². The highest BCUT2D eigenvalue weighted by Gasteiger charge is 2.34. The summed E-state index contributed by atoms with van der Waals surface area (Å²) in [6, 6.07) is 6.73. The van der Waals surface area contributed by atoms with E-state index in [4.69, 9.17) is 9.47 Å². The van der Waals surface area contributed by atoms with Gasteiger partial charge in [-0.3, -0.25) is 19.3 Å². The predicted molar refractivity (Wildman–Crippen MR) is 71.7 cm³/mol. The van der Waals surface area contributed by atoms with E-state index in [1.54, 1.807) is 24.3 Å². The molecule has 0 N–H and O–H groups in total. The Hall–Kier alpha value is -2.21. The van der Waals surface area contributed by atoms with Gasteiger partial charge in [0.15, 0.2) is 0 Å². The SMILES string of the molecule is O=C(CCCN1C(=O)c2ccccc2C1=O)OCC1CO1. The molecule has 3 rings (SSSR count). The first kappa shape index (κ1) is 13.8. The van der Waals surface area contributed by atoms with Gasteiger partial charge in [0.05, 0.1) is 17.7 Å². The molecular weight excluding hydrogens is 274 g/mol. The number of fused-ring (bicyclic) bond motifs is 1. The molecule has 1 unspecified atom stereocenters. The van der Waals surface area contributed by atoms with E-state index >= 15 is 0 Å². The molecule has 1 fully saturated rings. The smallest absolute Gasteiger partial charge is 0.305 e. The number of carbonyl (C=O) groups excluding carboxylic acids is 3. The van der Waals surface area contributed by atoms with Gasteiger partial charge in [0.2, 0.25) is 0 Å². The number of esters is 1. The summed E-state index contributed by atoms with van der Waals surface area (Å²) in [6.07, 6.45) is 0.626. The predicted octanol–water partition coefficient (Wildman–Crippen LogP) is 1.00. The van der Waals surface area contributed by atoms with Gasteiger partial charge >= 0.3 is 5.97 Å². The Bertz CT molecular complexity index is 558. The van der Waals surface area contributed by atoms with Crippen LogP contribution in [0.5, 0.6) is 0 Å². The second-order valence-corrected chi connectivity index (χ2v) is 5.05. The van der Waals surface area contributed by atoms with Crippen LogP contribution in [0.15, 0.2) is 24.3 Å². The van der Waals surface area contributed by atoms with Crippen molar-refractivity contribution in [3.63, 3.8) is 0 Å². The van der Waals surface area contributed by atoms with E-state index in [1.807, 2.05) is 0 Å². The number of imide groups is 1. The lowest BCUT2D eigenvalue weighted by atomic mass is 10.1. The van der Waals surface area contributed by atoms with Gasteiger partial charge in [0.25, 0.3) is 11.8 Å². The number of amides is 2. The van der Waals surface area contributed by atoms with Crippen molar-refractivity contribution < 1.29 is 23.9 Å². The number of nitrogens with zero attached hydrogens (tertiary/aromatic N) is 1. The Morgan fingerprint density at radius 2 is 1.86 bits per heavy atom. The molecule has 0 spiro atoms. The summed E-state index contributed by atoms with van der Waals surface area (Å²) >= 11 is 0. The number of ether oxygens (including phenoxy) is 2. The first-order chi connectivity index (χ1) is 10.2. The van der Waals surface area contributed by atoms with Crippen LogP contribution in [-0.2, 0) is 14.3 Å². The van der Waals surface area contributed by atoms with Crippen LogP contribution in [0.2, 0.25) is 0 Å². The summed E-state index contributed by atoms with van der Waals surface area (Å²) in [4.78, 5) is 36.8. The van der Waals surface area contributed by atoms with E-state index in [-0.39, 0.29) is 43.5 Å². The van der Waals surface area contributed by atoms with Gasteiger partial charge in [-0.15, -0.1) is 0 Å². The van der Waals surface area contributed by atoms with Crippen molar-refractivity contribution in [2.75, 3.05) is 19.8 Å². The molecule has 0 aromatic heterocycles. The van der Waals surface area contributed by atoms with Gasteiger partial charge in [-0.25, -0.2) is 0 Å². The molecule has 2 amide bonds. The minimum absolute atomic E-state index is 0.0465. The Labute approximate surface area is 121 Å². The minimum Gasteiger partial charge on any atom is -0.463 e. The fraction of sp³-hybridized carbons (Fsp3) is 0.400. The van der Waals surface area contributed by atoms with Crippen LogP contribution in [0.4, 0.5) is 0 Å². The molecule has 1 aromatic carbocycles. The van der Waals surface area contributed by atoms with Crippen molar-refractivity contribution in [1.29, 1.82) is 0 Å². The molecule has 0 bridgehead atoms. The highest BCUT2D eigenvalue weighted by molar-refractivity contribution is 6.21. The molecule has 2 heterocycles. The van der Waals surface area contributed by atoms with E-state index in [1.165, 1.54) is 4.90 Å². The summed E-state index contributed by atoms with van der Waals surface area (Å²) in [5.41, 5.74) is 0.854. The standard InChI is InChI=1S/C15H15NO5/c17-13(21-9-10-8-20-10)6-3-7-16-14(18)11-4-1-2-5-12(11)15(16)19/h1-2,4-5,10H,3,6-9H2. The van der Waals surface area contributed by atoms with Crippen molar-refractivity contribution in [2.24, 2.45) is 0 Å². The highest BCUT2D eigenvalue weighted by atomic mass is 16.6. The number of hydrogen-bond acceptors (Lipinski definition) is 5. The van der Waals surface area contributed by atoms with E-state index in [0.29, 0.717) is 24.2 Å². The van der Waals surface area contributed by atoms with Gasteiger partial charge in [-0.2, -0.15) is 0 Å². The summed E-state index contributed by atoms with van der Waals surface area (Å²) < 4.78 is 9.93. The maximum atomic E-state index is 12.1. The molecule has 110 valence electrons. The van der Waals surface area contributed by atoms with Crippen LogP contribution in [0.1, 0.15) is 33.6 Å². The zero-order valence-electron chi connectivity index (χ0n) is 11.4. The first-order valence-corrected chi connectivity index (χ1v) is 6.89. The van der Waals surface area contributed by atoms with Crippen molar-refractivity contribution in [3.05, 3.63) is 35.4 Å². The second kappa shape index (κ2) is 5.65. The van der Waals surface area contributed by atoms with E-state index in [2.05, 4.69) is 0 Å². The molecule has 1 saturated heterocycles. The molecule has 0 aliphatic carbocycles. The van der Waals surface area contributed by atoms with Gasteiger partial charge in [-0.1, -0.05) is 12.1 Å².